The first kappa shape index (κ1) is 20.1. The highest BCUT2D eigenvalue weighted by Crippen LogP contribution is 2.40. The minimum atomic E-state index is -0.999. The maximum Gasteiger partial charge on any atom is 0.411 e. The van der Waals surface area contributed by atoms with Gasteiger partial charge in [-0.2, -0.15) is 5.10 Å². The van der Waals surface area contributed by atoms with Crippen molar-refractivity contribution in [2.24, 2.45) is 5.92 Å². The van der Waals surface area contributed by atoms with E-state index in [0.29, 0.717) is 35.8 Å². The lowest BCUT2D eigenvalue weighted by Crippen LogP contribution is -2.52. The molecule has 3 heterocycles. The number of nitrogens with zero attached hydrogens (tertiary/aromatic N) is 4. The van der Waals surface area contributed by atoms with Crippen LogP contribution in [0.3, 0.4) is 0 Å². The van der Waals surface area contributed by atoms with E-state index in [2.05, 4.69) is 17.3 Å². The highest BCUT2D eigenvalue weighted by molar-refractivity contribution is 6.03. The average Bonchev–Trinajstić information content (AvgIpc) is 3.17. The number of carbonyl (C=O) groups excluding carboxylic acids is 1. The van der Waals surface area contributed by atoms with Crippen LogP contribution in [0.5, 0.6) is 0 Å². The molecule has 2 aliphatic heterocycles. The molecule has 1 unspecified atom stereocenters. The molecular formula is C23H29N5O3. The van der Waals surface area contributed by atoms with E-state index in [-0.39, 0.29) is 18.5 Å². The monoisotopic (exact) mass is 423 g/mol. The highest BCUT2D eigenvalue weighted by atomic mass is 16.4. The molecule has 2 fully saturated rings. The summed E-state index contributed by atoms with van der Waals surface area (Å²) in [5.41, 5.74) is 3.09. The largest absolute Gasteiger partial charge is 0.465 e. The van der Waals surface area contributed by atoms with Gasteiger partial charge in [-0.1, -0.05) is 12.5 Å². The molecule has 2 aromatic rings. The van der Waals surface area contributed by atoms with E-state index in [1.165, 1.54) is 11.3 Å². The summed E-state index contributed by atoms with van der Waals surface area (Å²) in [6, 6.07) is 6.25. The quantitative estimate of drug-likeness (QED) is 0.786. The lowest BCUT2D eigenvalue weighted by atomic mass is 9.82. The third-order valence-electron chi connectivity index (χ3n) is 7.10. The number of aromatic nitrogens is 2. The Labute approximate surface area is 181 Å². The van der Waals surface area contributed by atoms with E-state index in [9.17, 15) is 14.7 Å². The Morgan fingerprint density at radius 1 is 1.19 bits per heavy atom. The van der Waals surface area contributed by atoms with E-state index >= 15 is 0 Å². The van der Waals surface area contributed by atoms with Gasteiger partial charge in [0.1, 0.15) is 0 Å². The van der Waals surface area contributed by atoms with Crippen LogP contribution in [-0.2, 0) is 4.79 Å². The minimum absolute atomic E-state index is 0.0931. The second-order valence-corrected chi connectivity index (χ2v) is 9.18. The van der Waals surface area contributed by atoms with Gasteiger partial charge in [0.25, 0.3) is 0 Å². The number of benzene rings is 1. The number of fused-ring (bicyclic) bond motifs is 1. The molecule has 1 aliphatic carbocycles. The molecule has 164 valence electrons. The Hall–Kier alpha value is -2.87. The molecule has 3 aliphatic rings. The first-order valence-corrected chi connectivity index (χ1v) is 11.2. The van der Waals surface area contributed by atoms with Crippen molar-refractivity contribution in [3.63, 3.8) is 0 Å². The van der Waals surface area contributed by atoms with Crippen molar-refractivity contribution in [3.8, 4) is 11.1 Å². The number of carboxylic acid groups (broad SMARTS) is 1. The summed E-state index contributed by atoms with van der Waals surface area (Å²) in [5.74, 6) is 0.560. The molecule has 0 bridgehead atoms. The van der Waals surface area contributed by atoms with Crippen LogP contribution in [0.15, 0.2) is 30.6 Å². The van der Waals surface area contributed by atoms with Crippen molar-refractivity contribution >= 4 is 23.4 Å². The zero-order valence-corrected chi connectivity index (χ0v) is 18.0. The lowest BCUT2D eigenvalue weighted by Gasteiger charge is -2.41. The Morgan fingerprint density at radius 3 is 2.61 bits per heavy atom. The molecule has 0 spiro atoms. The fourth-order valence-corrected chi connectivity index (χ4v) is 4.86. The molecule has 2 amide bonds. The van der Waals surface area contributed by atoms with Crippen molar-refractivity contribution in [2.45, 2.75) is 57.7 Å². The molecule has 1 saturated heterocycles. The molecule has 1 aromatic carbocycles. The van der Waals surface area contributed by atoms with Crippen LogP contribution in [0.25, 0.3) is 11.1 Å². The molecule has 3 atom stereocenters. The first-order chi connectivity index (χ1) is 14.9. The van der Waals surface area contributed by atoms with Gasteiger partial charge in [0.15, 0.2) is 0 Å². The van der Waals surface area contributed by atoms with Gasteiger partial charge in [-0.05, 0) is 50.3 Å². The Balaban J connectivity index is 1.48. The fraction of sp³-hybridized carbons (Fsp3) is 0.522. The van der Waals surface area contributed by atoms with Gasteiger partial charge < -0.3 is 15.3 Å². The summed E-state index contributed by atoms with van der Waals surface area (Å²) < 4.78 is 1.97. The summed E-state index contributed by atoms with van der Waals surface area (Å²) >= 11 is 0. The predicted molar refractivity (Wildman–Crippen MR) is 118 cm³/mol. The second-order valence-electron chi connectivity index (χ2n) is 9.18. The predicted octanol–water partition coefficient (Wildman–Crippen LogP) is 3.49. The summed E-state index contributed by atoms with van der Waals surface area (Å²) in [7, 11) is 0. The molecule has 8 nitrogen and oxygen atoms in total. The van der Waals surface area contributed by atoms with Gasteiger partial charge >= 0.3 is 6.09 Å². The van der Waals surface area contributed by atoms with Crippen LogP contribution in [0, 0.1) is 5.92 Å². The number of anilines is 2. The number of carbonyl (C=O) groups is 2. The van der Waals surface area contributed by atoms with Crippen molar-refractivity contribution in [1.82, 2.24) is 15.1 Å². The van der Waals surface area contributed by atoms with E-state index in [0.717, 1.165) is 30.5 Å². The Kier molecular flexibility index (Phi) is 4.97. The number of nitrogens with one attached hydrogen (secondary N) is 1. The van der Waals surface area contributed by atoms with Crippen molar-refractivity contribution < 1.29 is 14.7 Å². The fourth-order valence-electron chi connectivity index (χ4n) is 4.86. The number of hydrogen-bond acceptors (Lipinski definition) is 4. The van der Waals surface area contributed by atoms with Crippen LogP contribution in [0.2, 0.25) is 0 Å². The summed E-state index contributed by atoms with van der Waals surface area (Å²) in [6.07, 6.45) is 6.80. The minimum Gasteiger partial charge on any atom is -0.465 e. The van der Waals surface area contributed by atoms with Crippen molar-refractivity contribution in [2.75, 3.05) is 22.9 Å². The van der Waals surface area contributed by atoms with Crippen LogP contribution >= 0.6 is 0 Å². The molecule has 1 saturated carbocycles. The van der Waals surface area contributed by atoms with Crippen LogP contribution in [0.4, 0.5) is 16.2 Å². The number of rotatable bonds is 4. The van der Waals surface area contributed by atoms with Gasteiger partial charge in [0, 0.05) is 37.3 Å². The molecule has 5 rings (SSSR count). The SMILES string of the molecule is C[C@@H]1NCC1n1cc(-c2ccc3c(c2)N(C(=O)O)C[C@H](C)N3C(=O)CC2CCC2)cn1. The zero-order chi connectivity index (χ0) is 21.7. The Bertz CT molecular complexity index is 1010. The summed E-state index contributed by atoms with van der Waals surface area (Å²) in [4.78, 5) is 28.3. The van der Waals surface area contributed by atoms with E-state index in [1.54, 1.807) is 0 Å². The lowest BCUT2D eigenvalue weighted by molar-refractivity contribution is -0.120. The first-order valence-electron chi connectivity index (χ1n) is 11.2. The normalized spacial score (nSPS) is 25.5. The third kappa shape index (κ3) is 3.48. The summed E-state index contributed by atoms with van der Waals surface area (Å²) in [6.45, 7) is 5.22. The van der Waals surface area contributed by atoms with E-state index < -0.39 is 6.09 Å². The van der Waals surface area contributed by atoms with Gasteiger partial charge in [-0.25, -0.2) is 4.79 Å². The van der Waals surface area contributed by atoms with Gasteiger partial charge in [-0.15, -0.1) is 0 Å². The number of amides is 2. The summed E-state index contributed by atoms with van der Waals surface area (Å²) in [5, 5.41) is 17.7. The third-order valence-corrected chi connectivity index (χ3v) is 7.10. The molecular weight excluding hydrogens is 394 g/mol. The molecule has 1 aromatic heterocycles. The maximum absolute atomic E-state index is 13.1. The topological polar surface area (TPSA) is 90.7 Å². The van der Waals surface area contributed by atoms with Crippen LogP contribution in [0.1, 0.15) is 45.6 Å². The van der Waals surface area contributed by atoms with Gasteiger partial charge in [0.05, 0.1) is 29.7 Å². The van der Waals surface area contributed by atoms with Gasteiger partial charge in [-0.3, -0.25) is 14.4 Å². The molecule has 0 radical (unpaired) electrons. The van der Waals surface area contributed by atoms with E-state index in [1.807, 2.05) is 47.1 Å². The van der Waals surface area contributed by atoms with Crippen LogP contribution in [-0.4, -0.2) is 52.1 Å². The van der Waals surface area contributed by atoms with Crippen molar-refractivity contribution in [1.29, 1.82) is 0 Å². The molecule has 2 N–H and O–H groups in total. The second kappa shape index (κ2) is 7.67. The van der Waals surface area contributed by atoms with Crippen LogP contribution < -0.4 is 15.1 Å². The maximum atomic E-state index is 13.1. The standard InChI is InChI=1S/C23H29N5O3/c1-14-12-26(23(30)31)20-9-17(18-10-25-27(13-18)21-11-24-15(21)2)6-7-19(20)28(14)22(29)8-16-4-3-5-16/h6-7,9-10,13-16,21,24H,3-5,8,11-12H2,1-2H3,(H,30,31)/t14-,15-,21?/m0/s1. The van der Waals surface area contributed by atoms with Gasteiger partial charge in [0.2, 0.25) is 5.91 Å². The molecule has 8 heteroatoms. The zero-order valence-electron chi connectivity index (χ0n) is 18.0. The molecule has 31 heavy (non-hydrogen) atoms. The highest BCUT2D eigenvalue weighted by Gasteiger charge is 2.36. The smallest absolute Gasteiger partial charge is 0.411 e. The Morgan fingerprint density at radius 2 is 2.00 bits per heavy atom. The van der Waals surface area contributed by atoms with Crippen molar-refractivity contribution in [3.05, 3.63) is 30.6 Å². The number of hydrogen-bond donors (Lipinski definition) is 2. The average molecular weight is 424 g/mol. The van der Waals surface area contributed by atoms with E-state index in [4.69, 9.17) is 0 Å².